The van der Waals surface area contributed by atoms with E-state index in [9.17, 15) is 0 Å². The summed E-state index contributed by atoms with van der Waals surface area (Å²) in [4.78, 5) is 5.06. The molecule has 1 saturated heterocycles. The molecule has 1 heterocycles. The number of para-hydroxylation sites is 1. The highest BCUT2D eigenvalue weighted by molar-refractivity contribution is 5.46. The molecule has 0 radical (unpaired) electrons. The molecule has 0 N–H and O–H groups in total. The van der Waals surface area contributed by atoms with Gasteiger partial charge in [-0.15, -0.1) is 0 Å². The maximum absolute atomic E-state index is 6.15. The monoisotopic (exact) mass is 350 g/mol. The number of benzene rings is 2. The Morgan fingerprint density at radius 2 is 1.62 bits per heavy atom. The Balaban J connectivity index is 1.19. The van der Waals surface area contributed by atoms with Crippen molar-refractivity contribution in [1.82, 2.24) is 4.90 Å². The van der Waals surface area contributed by atoms with Crippen LogP contribution in [0.15, 0.2) is 48.5 Å². The number of aryl methyl sites for hydroxylation is 1. The second-order valence-corrected chi connectivity index (χ2v) is 7.47. The molecule has 3 heteroatoms. The van der Waals surface area contributed by atoms with Gasteiger partial charge < -0.3 is 9.64 Å². The summed E-state index contributed by atoms with van der Waals surface area (Å²) in [6.45, 7) is 6.51. The molecular weight excluding hydrogens is 320 g/mol. The van der Waals surface area contributed by atoms with E-state index in [0.717, 1.165) is 51.5 Å². The molecule has 138 valence electrons. The van der Waals surface area contributed by atoms with E-state index in [1.54, 1.807) is 0 Å². The predicted octanol–water partition coefficient (Wildman–Crippen LogP) is 4.16. The van der Waals surface area contributed by atoms with Gasteiger partial charge in [0.1, 0.15) is 5.75 Å². The number of hydrogen-bond donors (Lipinski definition) is 0. The van der Waals surface area contributed by atoms with Gasteiger partial charge in [0.05, 0.1) is 6.61 Å². The zero-order chi connectivity index (χ0) is 17.6. The molecule has 2 aromatic rings. The highest BCUT2D eigenvalue weighted by Gasteiger charge is 2.17. The van der Waals surface area contributed by atoms with Gasteiger partial charge in [0.2, 0.25) is 0 Å². The normalized spacial score (nSPS) is 17.8. The molecule has 0 amide bonds. The molecule has 0 aromatic heterocycles. The maximum Gasteiger partial charge on any atom is 0.122 e. The molecular formula is C23H30N2O. The summed E-state index contributed by atoms with van der Waals surface area (Å²) >= 11 is 0. The Morgan fingerprint density at radius 1 is 0.808 bits per heavy atom. The van der Waals surface area contributed by atoms with Crippen LogP contribution in [0.25, 0.3) is 0 Å². The van der Waals surface area contributed by atoms with Crippen LogP contribution in [0, 0.1) is 0 Å². The molecule has 1 aliphatic heterocycles. The van der Waals surface area contributed by atoms with Crippen LogP contribution >= 0.6 is 0 Å². The average molecular weight is 351 g/mol. The second kappa shape index (κ2) is 8.59. The van der Waals surface area contributed by atoms with Crippen molar-refractivity contribution in [2.45, 2.75) is 32.1 Å². The standard InChI is InChI=1S/C23H30N2O/c1-2-10-21(11-3-1)25-17-15-24(16-18-25)14-7-19-26-23-13-6-9-20-8-4-5-12-22(20)23/h1-3,6,9-11,13H,4-5,7-8,12,14-19H2. The van der Waals surface area contributed by atoms with Crippen LogP contribution in [0.5, 0.6) is 5.75 Å². The summed E-state index contributed by atoms with van der Waals surface area (Å²) in [7, 11) is 0. The maximum atomic E-state index is 6.15. The van der Waals surface area contributed by atoms with Crippen molar-refractivity contribution < 1.29 is 4.74 Å². The fourth-order valence-electron chi connectivity index (χ4n) is 4.22. The Kier molecular flexibility index (Phi) is 5.75. The fourth-order valence-corrected chi connectivity index (χ4v) is 4.22. The number of nitrogens with zero attached hydrogens (tertiary/aromatic N) is 2. The van der Waals surface area contributed by atoms with Crippen LogP contribution in [0.2, 0.25) is 0 Å². The average Bonchev–Trinajstić information content (AvgIpc) is 2.72. The number of piperazine rings is 1. The Hall–Kier alpha value is -2.00. The SMILES string of the molecule is c1ccc(N2CCN(CCCOc3cccc4c3CCCC4)CC2)cc1. The number of ether oxygens (including phenoxy) is 1. The zero-order valence-corrected chi connectivity index (χ0v) is 15.7. The number of hydrogen-bond acceptors (Lipinski definition) is 3. The van der Waals surface area contributed by atoms with Crippen molar-refractivity contribution in [3.63, 3.8) is 0 Å². The quantitative estimate of drug-likeness (QED) is 0.728. The minimum atomic E-state index is 0.829. The molecule has 26 heavy (non-hydrogen) atoms. The molecule has 2 aliphatic rings. The first-order chi connectivity index (χ1) is 12.9. The van der Waals surface area contributed by atoms with Crippen molar-refractivity contribution in [1.29, 1.82) is 0 Å². The lowest BCUT2D eigenvalue weighted by atomic mass is 9.91. The summed E-state index contributed by atoms with van der Waals surface area (Å²) in [5, 5.41) is 0. The van der Waals surface area contributed by atoms with Crippen molar-refractivity contribution in [2.24, 2.45) is 0 Å². The smallest absolute Gasteiger partial charge is 0.122 e. The topological polar surface area (TPSA) is 15.7 Å². The van der Waals surface area contributed by atoms with Gasteiger partial charge >= 0.3 is 0 Å². The molecule has 0 unspecified atom stereocenters. The summed E-state index contributed by atoms with van der Waals surface area (Å²) < 4.78 is 6.15. The van der Waals surface area contributed by atoms with Crippen LogP contribution in [0.4, 0.5) is 5.69 Å². The minimum absolute atomic E-state index is 0.829. The van der Waals surface area contributed by atoms with Gasteiger partial charge in [-0.1, -0.05) is 30.3 Å². The van der Waals surface area contributed by atoms with Gasteiger partial charge in [-0.3, -0.25) is 4.90 Å². The third-order valence-corrected chi connectivity index (χ3v) is 5.72. The predicted molar refractivity (Wildman–Crippen MR) is 108 cm³/mol. The van der Waals surface area contributed by atoms with E-state index in [1.165, 1.54) is 42.5 Å². The number of fused-ring (bicyclic) bond motifs is 1. The lowest BCUT2D eigenvalue weighted by molar-refractivity contribution is 0.224. The lowest BCUT2D eigenvalue weighted by Crippen LogP contribution is -2.46. The van der Waals surface area contributed by atoms with Crippen LogP contribution in [0.3, 0.4) is 0 Å². The van der Waals surface area contributed by atoms with Crippen LogP contribution in [0.1, 0.15) is 30.4 Å². The van der Waals surface area contributed by atoms with Crippen LogP contribution < -0.4 is 9.64 Å². The minimum Gasteiger partial charge on any atom is -0.493 e. The largest absolute Gasteiger partial charge is 0.493 e. The Labute approximate surface area is 157 Å². The molecule has 0 saturated carbocycles. The van der Waals surface area contributed by atoms with Gasteiger partial charge in [0, 0.05) is 38.4 Å². The first kappa shape index (κ1) is 17.4. The number of rotatable bonds is 6. The highest BCUT2D eigenvalue weighted by Crippen LogP contribution is 2.29. The summed E-state index contributed by atoms with van der Waals surface area (Å²) in [5.41, 5.74) is 4.32. The first-order valence-electron chi connectivity index (χ1n) is 10.2. The third kappa shape index (κ3) is 4.21. The van der Waals surface area contributed by atoms with Gasteiger partial charge in [-0.05, 0) is 61.4 Å². The van der Waals surface area contributed by atoms with Gasteiger partial charge in [-0.25, -0.2) is 0 Å². The van der Waals surface area contributed by atoms with Gasteiger partial charge in [0.25, 0.3) is 0 Å². The van der Waals surface area contributed by atoms with Crippen LogP contribution in [-0.4, -0.2) is 44.2 Å². The Bertz CT molecular complexity index is 693. The molecule has 3 nitrogen and oxygen atoms in total. The van der Waals surface area contributed by atoms with E-state index in [4.69, 9.17) is 4.74 Å². The van der Waals surface area contributed by atoms with E-state index in [-0.39, 0.29) is 0 Å². The van der Waals surface area contributed by atoms with E-state index in [1.807, 2.05) is 0 Å². The van der Waals surface area contributed by atoms with Crippen molar-refractivity contribution in [3.8, 4) is 5.75 Å². The second-order valence-electron chi connectivity index (χ2n) is 7.47. The fraction of sp³-hybridized carbons (Fsp3) is 0.478. The molecule has 0 spiro atoms. The third-order valence-electron chi connectivity index (χ3n) is 5.72. The van der Waals surface area contributed by atoms with Crippen molar-refractivity contribution in [3.05, 3.63) is 59.7 Å². The molecule has 1 aliphatic carbocycles. The summed E-state index contributed by atoms with van der Waals surface area (Å²) in [6.07, 6.45) is 6.14. The molecule has 0 bridgehead atoms. The Morgan fingerprint density at radius 3 is 2.46 bits per heavy atom. The van der Waals surface area contributed by atoms with E-state index in [0.29, 0.717) is 0 Å². The van der Waals surface area contributed by atoms with Gasteiger partial charge in [0.15, 0.2) is 0 Å². The van der Waals surface area contributed by atoms with Gasteiger partial charge in [-0.2, -0.15) is 0 Å². The van der Waals surface area contributed by atoms with Crippen LogP contribution in [-0.2, 0) is 12.8 Å². The van der Waals surface area contributed by atoms with Crippen molar-refractivity contribution in [2.75, 3.05) is 44.2 Å². The summed E-state index contributed by atoms with van der Waals surface area (Å²) in [5.74, 6) is 1.14. The summed E-state index contributed by atoms with van der Waals surface area (Å²) in [6, 6.07) is 17.3. The molecule has 0 atom stereocenters. The lowest BCUT2D eigenvalue weighted by Gasteiger charge is -2.36. The van der Waals surface area contributed by atoms with E-state index < -0.39 is 0 Å². The van der Waals surface area contributed by atoms with Crippen molar-refractivity contribution >= 4 is 5.69 Å². The zero-order valence-electron chi connectivity index (χ0n) is 15.7. The molecule has 4 rings (SSSR count). The molecule has 1 fully saturated rings. The number of anilines is 1. The first-order valence-corrected chi connectivity index (χ1v) is 10.2. The molecule has 2 aromatic carbocycles. The van der Waals surface area contributed by atoms with E-state index in [2.05, 4.69) is 58.3 Å². The van der Waals surface area contributed by atoms with E-state index >= 15 is 0 Å². The highest BCUT2D eigenvalue weighted by atomic mass is 16.5.